The second kappa shape index (κ2) is 4.45. The summed E-state index contributed by atoms with van der Waals surface area (Å²) in [5.41, 5.74) is 7.74. The molecule has 0 amide bonds. The van der Waals surface area contributed by atoms with E-state index in [1.165, 1.54) is 30.7 Å². The van der Waals surface area contributed by atoms with Gasteiger partial charge in [0.25, 0.3) is 0 Å². The highest BCUT2D eigenvalue weighted by Gasteiger charge is 2.21. The minimum Gasteiger partial charge on any atom is -0.398 e. The van der Waals surface area contributed by atoms with Crippen LogP contribution in [0.3, 0.4) is 0 Å². The van der Waals surface area contributed by atoms with Crippen LogP contribution in [0.5, 0.6) is 0 Å². The first-order valence-corrected chi connectivity index (χ1v) is 6.84. The third-order valence-electron chi connectivity index (χ3n) is 3.34. The molecule has 0 radical (unpaired) electrons. The first-order chi connectivity index (χ1) is 8.34. The Balaban J connectivity index is 1.92. The second-order valence-electron chi connectivity index (χ2n) is 4.51. The lowest BCUT2D eigenvalue weighted by atomic mass is 10.1. The number of hydrogen-bond acceptors (Lipinski definition) is 4. The van der Waals surface area contributed by atoms with Crippen LogP contribution in [0.1, 0.15) is 36.6 Å². The van der Waals surface area contributed by atoms with Crippen molar-refractivity contribution in [2.24, 2.45) is 0 Å². The maximum absolute atomic E-state index is 5.95. The van der Waals surface area contributed by atoms with Crippen LogP contribution in [0.2, 0.25) is 0 Å². The summed E-state index contributed by atoms with van der Waals surface area (Å²) in [5, 5.41) is 10.7. The molecule has 3 nitrogen and oxygen atoms in total. The van der Waals surface area contributed by atoms with E-state index in [2.05, 4.69) is 10.2 Å². The fraction of sp³-hybridized carbons (Fsp3) is 0.385. The Kier molecular flexibility index (Phi) is 2.81. The van der Waals surface area contributed by atoms with Gasteiger partial charge in [-0.2, -0.15) is 0 Å². The molecule has 0 bridgehead atoms. The van der Waals surface area contributed by atoms with Crippen molar-refractivity contribution in [2.45, 2.75) is 31.6 Å². The van der Waals surface area contributed by atoms with E-state index >= 15 is 0 Å². The fourth-order valence-corrected chi connectivity index (χ4v) is 3.43. The van der Waals surface area contributed by atoms with E-state index in [9.17, 15) is 0 Å². The number of nitrogens with two attached hydrogens (primary N) is 1. The molecule has 17 heavy (non-hydrogen) atoms. The van der Waals surface area contributed by atoms with Crippen molar-refractivity contribution in [3.8, 4) is 10.6 Å². The molecule has 4 heteroatoms. The van der Waals surface area contributed by atoms with Crippen molar-refractivity contribution in [2.75, 3.05) is 5.73 Å². The van der Waals surface area contributed by atoms with Gasteiger partial charge in [0.2, 0.25) is 0 Å². The molecule has 1 aliphatic carbocycles. The predicted molar refractivity (Wildman–Crippen MR) is 71.0 cm³/mol. The molecule has 0 unspecified atom stereocenters. The normalized spacial score (nSPS) is 16.5. The summed E-state index contributed by atoms with van der Waals surface area (Å²) in [7, 11) is 0. The summed E-state index contributed by atoms with van der Waals surface area (Å²) in [6, 6.07) is 7.85. The van der Waals surface area contributed by atoms with Gasteiger partial charge < -0.3 is 5.73 Å². The van der Waals surface area contributed by atoms with Gasteiger partial charge in [-0.05, 0) is 25.0 Å². The van der Waals surface area contributed by atoms with Gasteiger partial charge in [-0.1, -0.05) is 36.3 Å². The maximum Gasteiger partial charge on any atom is 0.149 e. The number of hydrogen-bond donors (Lipinski definition) is 1. The zero-order chi connectivity index (χ0) is 11.7. The van der Waals surface area contributed by atoms with Crippen LogP contribution in [-0.2, 0) is 0 Å². The van der Waals surface area contributed by atoms with Crippen molar-refractivity contribution >= 4 is 17.0 Å². The SMILES string of the molecule is Nc1ccccc1-c1nnc(C2CCCC2)s1. The van der Waals surface area contributed by atoms with Gasteiger partial charge in [0.15, 0.2) is 0 Å². The molecule has 1 aliphatic rings. The van der Waals surface area contributed by atoms with Crippen LogP contribution in [0, 0.1) is 0 Å². The van der Waals surface area contributed by atoms with Crippen molar-refractivity contribution < 1.29 is 0 Å². The van der Waals surface area contributed by atoms with Gasteiger partial charge in [-0.3, -0.25) is 0 Å². The lowest BCUT2D eigenvalue weighted by Gasteiger charge is -2.01. The number of para-hydroxylation sites is 1. The minimum absolute atomic E-state index is 0.631. The fourth-order valence-electron chi connectivity index (χ4n) is 2.37. The number of rotatable bonds is 2. The number of benzene rings is 1. The monoisotopic (exact) mass is 245 g/mol. The zero-order valence-electron chi connectivity index (χ0n) is 9.60. The largest absolute Gasteiger partial charge is 0.398 e. The van der Waals surface area contributed by atoms with Crippen LogP contribution in [-0.4, -0.2) is 10.2 Å². The van der Waals surface area contributed by atoms with E-state index in [0.29, 0.717) is 5.92 Å². The van der Waals surface area contributed by atoms with E-state index in [1.54, 1.807) is 11.3 Å². The van der Waals surface area contributed by atoms with E-state index in [4.69, 9.17) is 5.73 Å². The number of nitrogens with zero attached hydrogens (tertiary/aromatic N) is 2. The highest BCUT2D eigenvalue weighted by Crippen LogP contribution is 2.38. The van der Waals surface area contributed by atoms with Crippen molar-refractivity contribution in [1.29, 1.82) is 0 Å². The molecule has 0 atom stereocenters. The van der Waals surface area contributed by atoms with Crippen LogP contribution in [0.4, 0.5) is 5.69 Å². The first-order valence-electron chi connectivity index (χ1n) is 6.03. The van der Waals surface area contributed by atoms with Crippen LogP contribution >= 0.6 is 11.3 Å². The molecule has 3 rings (SSSR count). The molecule has 1 heterocycles. The standard InChI is InChI=1S/C13H15N3S/c14-11-8-4-3-7-10(11)13-16-15-12(17-13)9-5-1-2-6-9/h3-4,7-9H,1-2,5-6,14H2. The molecular formula is C13H15N3S. The molecule has 1 fully saturated rings. The molecule has 0 saturated heterocycles. The van der Waals surface area contributed by atoms with Crippen molar-refractivity contribution in [3.05, 3.63) is 29.3 Å². The Morgan fingerprint density at radius 1 is 1.12 bits per heavy atom. The average Bonchev–Trinajstić information content (AvgIpc) is 3.00. The predicted octanol–water partition coefficient (Wildman–Crippen LogP) is 3.44. The van der Waals surface area contributed by atoms with E-state index in [1.807, 2.05) is 24.3 Å². The molecule has 0 spiro atoms. The molecule has 2 N–H and O–H groups in total. The number of anilines is 1. The molecule has 1 aromatic carbocycles. The number of aromatic nitrogens is 2. The molecule has 88 valence electrons. The summed E-state index contributed by atoms with van der Waals surface area (Å²) in [6.07, 6.45) is 5.18. The van der Waals surface area contributed by atoms with Gasteiger partial charge in [0, 0.05) is 17.2 Å². The van der Waals surface area contributed by atoms with Crippen LogP contribution < -0.4 is 5.73 Å². The zero-order valence-corrected chi connectivity index (χ0v) is 10.4. The van der Waals surface area contributed by atoms with Crippen molar-refractivity contribution in [3.63, 3.8) is 0 Å². The van der Waals surface area contributed by atoms with E-state index in [0.717, 1.165) is 16.3 Å². The Morgan fingerprint density at radius 2 is 1.88 bits per heavy atom. The van der Waals surface area contributed by atoms with Gasteiger partial charge in [-0.25, -0.2) is 0 Å². The molecule has 1 aromatic heterocycles. The Bertz CT molecular complexity index is 515. The third-order valence-corrected chi connectivity index (χ3v) is 4.46. The summed E-state index contributed by atoms with van der Waals surface area (Å²) >= 11 is 1.70. The Hall–Kier alpha value is -1.42. The average molecular weight is 245 g/mol. The summed E-state index contributed by atoms with van der Waals surface area (Å²) in [6.45, 7) is 0. The Labute approximate surface area is 105 Å². The van der Waals surface area contributed by atoms with E-state index < -0.39 is 0 Å². The third kappa shape index (κ3) is 2.05. The number of nitrogen functional groups attached to an aromatic ring is 1. The highest BCUT2D eigenvalue weighted by atomic mass is 32.1. The van der Waals surface area contributed by atoms with Gasteiger partial charge in [0.1, 0.15) is 10.0 Å². The lowest BCUT2D eigenvalue weighted by molar-refractivity contribution is 0.705. The van der Waals surface area contributed by atoms with Crippen molar-refractivity contribution in [1.82, 2.24) is 10.2 Å². The summed E-state index contributed by atoms with van der Waals surface area (Å²) < 4.78 is 0. The maximum atomic E-state index is 5.95. The summed E-state index contributed by atoms with van der Waals surface area (Å²) in [5.74, 6) is 0.631. The molecule has 2 aromatic rings. The van der Waals surface area contributed by atoms with Crippen LogP contribution in [0.25, 0.3) is 10.6 Å². The molecule has 0 aliphatic heterocycles. The van der Waals surface area contributed by atoms with Gasteiger partial charge in [0.05, 0.1) is 0 Å². The smallest absolute Gasteiger partial charge is 0.149 e. The lowest BCUT2D eigenvalue weighted by Crippen LogP contribution is -1.90. The minimum atomic E-state index is 0.631. The van der Waals surface area contributed by atoms with Crippen LogP contribution in [0.15, 0.2) is 24.3 Å². The second-order valence-corrected chi connectivity index (χ2v) is 5.52. The van der Waals surface area contributed by atoms with Gasteiger partial charge >= 0.3 is 0 Å². The Morgan fingerprint density at radius 3 is 2.65 bits per heavy atom. The first kappa shape index (κ1) is 10.7. The quantitative estimate of drug-likeness (QED) is 0.824. The topological polar surface area (TPSA) is 51.8 Å². The van der Waals surface area contributed by atoms with Gasteiger partial charge in [-0.15, -0.1) is 10.2 Å². The highest BCUT2D eigenvalue weighted by molar-refractivity contribution is 7.14. The molecule has 1 saturated carbocycles. The molecular weight excluding hydrogens is 230 g/mol. The van der Waals surface area contributed by atoms with E-state index in [-0.39, 0.29) is 0 Å². The summed E-state index contributed by atoms with van der Waals surface area (Å²) in [4.78, 5) is 0.